The summed E-state index contributed by atoms with van der Waals surface area (Å²) >= 11 is 0. The van der Waals surface area contributed by atoms with Gasteiger partial charge in [0.25, 0.3) is 5.91 Å². The summed E-state index contributed by atoms with van der Waals surface area (Å²) in [6, 6.07) is 15.2. The third-order valence-corrected chi connectivity index (χ3v) is 7.55. The molecule has 1 aliphatic rings. The number of pyridine rings is 1. The van der Waals surface area contributed by atoms with E-state index in [-0.39, 0.29) is 17.6 Å². The number of rotatable bonds is 11. The third-order valence-electron chi connectivity index (χ3n) is 7.55. The second-order valence-electron chi connectivity index (χ2n) is 11.1. The smallest absolute Gasteiger partial charge is 0.323 e. The molecule has 12 heteroatoms. The number of hydrogen-bond acceptors (Lipinski definition) is 6. The van der Waals surface area contributed by atoms with E-state index in [2.05, 4.69) is 25.9 Å². The van der Waals surface area contributed by atoms with Gasteiger partial charge in [-0.2, -0.15) is 0 Å². The molecule has 11 nitrogen and oxygen atoms in total. The van der Waals surface area contributed by atoms with Gasteiger partial charge in [-0.05, 0) is 93.7 Å². The van der Waals surface area contributed by atoms with E-state index in [1.54, 1.807) is 67.0 Å². The zero-order chi connectivity index (χ0) is 31.9. The van der Waals surface area contributed by atoms with E-state index in [1.165, 1.54) is 6.07 Å². The lowest BCUT2D eigenvalue weighted by Crippen LogP contribution is -2.40. The number of carbonyl (C=O) groups excluding carboxylic acids is 2. The lowest BCUT2D eigenvalue weighted by atomic mass is 10.1. The molecule has 2 aromatic carbocycles. The molecule has 3 heterocycles. The number of hydrogen-bond donors (Lipinski definition) is 5. The molecule has 0 aliphatic carbocycles. The van der Waals surface area contributed by atoms with Crippen molar-refractivity contribution in [3.63, 3.8) is 0 Å². The van der Waals surface area contributed by atoms with E-state index in [0.717, 1.165) is 18.5 Å². The summed E-state index contributed by atoms with van der Waals surface area (Å²) in [6.45, 7) is 5.08. The average Bonchev–Trinajstić information content (AvgIpc) is 3.70. The summed E-state index contributed by atoms with van der Waals surface area (Å²) < 4.78 is 19.9. The van der Waals surface area contributed by atoms with Crippen LogP contribution < -0.4 is 20.7 Å². The highest BCUT2D eigenvalue weighted by Gasteiger charge is 2.30. The number of amides is 3. The number of nitrogens with one attached hydrogen (secondary N) is 4. The van der Waals surface area contributed by atoms with Gasteiger partial charge in [-0.15, -0.1) is 0 Å². The van der Waals surface area contributed by atoms with E-state index in [0.29, 0.717) is 53.5 Å². The van der Waals surface area contributed by atoms with Gasteiger partial charge < -0.3 is 30.8 Å². The maximum atomic E-state index is 13.9. The zero-order valence-corrected chi connectivity index (χ0v) is 25.0. The number of aromatic nitrogens is 2. The number of carboxylic acids is 1. The first-order chi connectivity index (χ1) is 21.6. The molecule has 2 aromatic heterocycles. The first-order valence-corrected chi connectivity index (χ1v) is 14.7. The summed E-state index contributed by atoms with van der Waals surface area (Å²) in [5, 5.41) is 17.5. The molecule has 234 valence electrons. The molecule has 2 unspecified atom stereocenters. The number of carboxylic acid groups (broad SMARTS) is 1. The standard InChI is InChI=1S/C33H35FN6O5/c1-20-5-10-26(34)27(16-20)39-33(44)38-23-6-8-24(9-7-23)45-25-11-13-35-29(18-25)28-17-22(19-36-28)31(41)37-21(2)12-15-40-14-3-4-30(40)32(42)43/h5-11,13,16-19,21,30,36H,3-4,12,14-15H2,1-2H3,(H,37,41)(H,42,43)(H2,38,39,44). The number of carbonyl (C=O) groups is 3. The molecule has 1 saturated heterocycles. The molecule has 2 atom stereocenters. The summed E-state index contributed by atoms with van der Waals surface area (Å²) in [5.74, 6) is -0.514. The van der Waals surface area contributed by atoms with Crippen LogP contribution in [0.4, 0.5) is 20.6 Å². The predicted octanol–water partition coefficient (Wildman–Crippen LogP) is 6.02. The molecule has 0 bridgehead atoms. The number of halogens is 1. The molecule has 5 rings (SSSR count). The van der Waals surface area contributed by atoms with E-state index in [1.807, 2.05) is 18.7 Å². The summed E-state index contributed by atoms with van der Waals surface area (Å²) in [7, 11) is 0. The molecule has 4 aromatic rings. The van der Waals surface area contributed by atoms with Gasteiger partial charge in [0, 0.05) is 36.7 Å². The number of ether oxygens (including phenoxy) is 1. The van der Waals surface area contributed by atoms with Crippen LogP contribution in [0.15, 0.2) is 73.1 Å². The first kappa shape index (κ1) is 31.2. The second kappa shape index (κ2) is 14.0. The number of likely N-dealkylation sites (tertiary alicyclic amines) is 1. The zero-order valence-electron chi connectivity index (χ0n) is 25.0. The Morgan fingerprint density at radius 3 is 2.67 bits per heavy atom. The number of H-pyrrole nitrogens is 1. The Hall–Kier alpha value is -5.23. The topological polar surface area (TPSA) is 149 Å². The number of aryl methyl sites for hydroxylation is 1. The van der Waals surface area contributed by atoms with Crippen molar-refractivity contribution in [2.24, 2.45) is 0 Å². The molecule has 5 N–H and O–H groups in total. The fourth-order valence-electron chi connectivity index (χ4n) is 5.17. The van der Waals surface area contributed by atoms with Crippen LogP contribution in [-0.4, -0.2) is 63.1 Å². The van der Waals surface area contributed by atoms with Gasteiger partial charge in [-0.1, -0.05) is 6.07 Å². The summed E-state index contributed by atoms with van der Waals surface area (Å²) in [6.07, 6.45) is 5.38. The molecular formula is C33H35FN6O5. The Bertz CT molecular complexity index is 1670. The number of nitrogens with zero attached hydrogens (tertiary/aromatic N) is 2. The van der Waals surface area contributed by atoms with E-state index >= 15 is 0 Å². The van der Waals surface area contributed by atoms with E-state index < -0.39 is 23.9 Å². The Balaban J connectivity index is 1.13. The monoisotopic (exact) mass is 614 g/mol. The number of anilines is 2. The predicted molar refractivity (Wildman–Crippen MR) is 168 cm³/mol. The maximum Gasteiger partial charge on any atom is 0.323 e. The van der Waals surface area contributed by atoms with Gasteiger partial charge in [-0.25, -0.2) is 9.18 Å². The van der Waals surface area contributed by atoms with Gasteiger partial charge in [0.2, 0.25) is 0 Å². The van der Waals surface area contributed by atoms with Crippen molar-refractivity contribution in [1.82, 2.24) is 20.2 Å². The van der Waals surface area contributed by atoms with Crippen molar-refractivity contribution in [2.45, 2.75) is 45.2 Å². The van der Waals surface area contributed by atoms with E-state index in [4.69, 9.17) is 4.74 Å². The molecule has 0 saturated carbocycles. The fourth-order valence-corrected chi connectivity index (χ4v) is 5.17. The molecule has 1 fully saturated rings. The molecular weight excluding hydrogens is 579 g/mol. The maximum absolute atomic E-state index is 13.9. The van der Waals surface area contributed by atoms with Crippen LogP contribution in [0.2, 0.25) is 0 Å². The lowest BCUT2D eigenvalue weighted by Gasteiger charge is -2.23. The van der Waals surface area contributed by atoms with Gasteiger partial charge in [0.1, 0.15) is 23.4 Å². The highest BCUT2D eigenvalue weighted by molar-refractivity contribution is 6.00. The minimum absolute atomic E-state index is 0.0930. The van der Waals surface area contributed by atoms with Crippen molar-refractivity contribution in [2.75, 3.05) is 23.7 Å². The van der Waals surface area contributed by atoms with Crippen LogP contribution in [0, 0.1) is 12.7 Å². The minimum Gasteiger partial charge on any atom is -0.480 e. The van der Waals surface area contributed by atoms with Crippen LogP contribution in [-0.2, 0) is 4.79 Å². The van der Waals surface area contributed by atoms with Crippen LogP contribution in [0.25, 0.3) is 11.4 Å². The molecule has 0 spiro atoms. The van der Waals surface area contributed by atoms with Gasteiger partial charge in [0.15, 0.2) is 0 Å². The Morgan fingerprint density at radius 2 is 1.89 bits per heavy atom. The summed E-state index contributed by atoms with van der Waals surface area (Å²) in [4.78, 5) is 46.0. The van der Waals surface area contributed by atoms with Crippen LogP contribution in [0.1, 0.15) is 42.1 Å². The van der Waals surface area contributed by atoms with Crippen molar-refractivity contribution in [3.05, 3.63) is 90.0 Å². The molecule has 45 heavy (non-hydrogen) atoms. The molecule has 3 amide bonds. The fraction of sp³-hybridized carbons (Fsp3) is 0.273. The van der Waals surface area contributed by atoms with Crippen molar-refractivity contribution in [1.29, 1.82) is 0 Å². The number of aromatic amines is 1. The SMILES string of the molecule is Cc1ccc(F)c(NC(=O)Nc2ccc(Oc3ccnc(-c4cc(C(=O)NC(C)CCN5CCCC5C(=O)O)c[nH]4)c3)cc2)c1. The Kier molecular flexibility index (Phi) is 9.73. The quantitative estimate of drug-likeness (QED) is 0.139. The number of urea groups is 1. The second-order valence-corrected chi connectivity index (χ2v) is 11.1. The van der Waals surface area contributed by atoms with Crippen molar-refractivity contribution >= 4 is 29.3 Å². The van der Waals surface area contributed by atoms with Gasteiger partial charge >= 0.3 is 12.0 Å². The first-order valence-electron chi connectivity index (χ1n) is 14.7. The summed E-state index contributed by atoms with van der Waals surface area (Å²) in [5.41, 5.74) is 3.07. The van der Waals surface area contributed by atoms with Crippen LogP contribution in [0.5, 0.6) is 11.5 Å². The van der Waals surface area contributed by atoms with Crippen LogP contribution in [0.3, 0.4) is 0 Å². The number of aliphatic carboxylic acids is 1. The van der Waals surface area contributed by atoms with Crippen LogP contribution >= 0.6 is 0 Å². The lowest BCUT2D eigenvalue weighted by molar-refractivity contribution is -0.142. The van der Waals surface area contributed by atoms with Crippen molar-refractivity contribution in [3.8, 4) is 22.9 Å². The highest BCUT2D eigenvalue weighted by Crippen LogP contribution is 2.27. The van der Waals surface area contributed by atoms with Gasteiger partial charge in [-0.3, -0.25) is 19.5 Å². The average molecular weight is 615 g/mol. The Labute approximate surface area is 259 Å². The third kappa shape index (κ3) is 8.24. The van der Waals surface area contributed by atoms with Crippen molar-refractivity contribution < 1.29 is 28.6 Å². The Morgan fingerprint density at radius 1 is 1.09 bits per heavy atom. The molecule has 1 aliphatic heterocycles. The highest BCUT2D eigenvalue weighted by atomic mass is 19.1. The van der Waals surface area contributed by atoms with E-state index in [9.17, 15) is 23.9 Å². The largest absolute Gasteiger partial charge is 0.480 e. The normalized spacial score (nSPS) is 15.3. The number of benzene rings is 2. The van der Waals surface area contributed by atoms with Gasteiger partial charge in [0.05, 0.1) is 22.6 Å². The molecule has 0 radical (unpaired) electrons. The minimum atomic E-state index is -0.794.